The summed E-state index contributed by atoms with van der Waals surface area (Å²) in [5.41, 5.74) is 3.90. The van der Waals surface area contributed by atoms with Crippen LogP contribution in [0.3, 0.4) is 0 Å². The molecule has 2 N–H and O–H groups in total. The molecule has 0 radical (unpaired) electrons. The van der Waals surface area contributed by atoms with Gasteiger partial charge < -0.3 is 19.8 Å². The van der Waals surface area contributed by atoms with Gasteiger partial charge in [0.2, 0.25) is 11.8 Å². The zero-order valence-corrected chi connectivity index (χ0v) is 25.5. The average Bonchev–Trinajstić information content (AvgIpc) is 3.94. The van der Waals surface area contributed by atoms with E-state index in [1.807, 2.05) is 42.8 Å². The molecule has 232 valence electrons. The summed E-state index contributed by atoms with van der Waals surface area (Å²) in [5, 5.41) is 6.32. The molecular formula is C31H34N10O4. The van der Waals surface area contributed by atoms with Crippen LogP contribution in [0.4, 0.5) is 22.1 Å². The molecular weight excluding hydrogens is 576 g/mol. The molecule has 45 heavy (non-hydrogen) atoms. The summed E-state index contributed by atoms with van der Waals surface area (Å²) in [7, 11) is 3.05. The number of nitrogens with zero attached hydrogens (tertiary/aromatic N) is 8. The van der Waals surface area contributed by atoms with Crippen LogP contribution in [-0.2, 0) is 20.9 Å². The molecule has 4 aromatic rings. The summed E-state index contributed by atoms with van der Waals surface area (Å²) in [6.45, 7) is 4.00. The number of ether oxygens (including phenoxy) is 1. The number of hydrogen-bond acceptors (Lipinski definition) is 10. The Morgan fingerprint density at radius 3 is 2.62 bits per heavy atom. The van der Waals surface area contributed by atoms with Crippen LogP contribution >= 0.6 is 0 Å². The van der Waals surface area contributed by atoms with Crippen LogP contribution in [0.15, 0.2) is 36.8 Å². The van der Waals surface area contributed by atoms with Crippen LogP contribution in [0.5, 0.6) is 0 Å². The maximum atomic E-state index is 13.1. The van der Waals surface area contributed by atoms with E-state index in [9.17, 15) is 14.4 Å². The Morgan fingerprint density at radius 2 is 1.91 bits per heavy atom. The largest absolute Gasteiger partial charge is 0.377 e. The fourth-order valence-corrected chi connectivity index (χ4v) is 5.71. The fourth-order valence-electron chi connectivity index (χ4n) is 5.71. The first-order chi connectivity index (χ1) is 21.7. The summed E-state index contributed by atoms with van der Waals surface area (Å²) in [4.78, 5) is 63.7. The van der Waals surface area contributed by atoms with Gasteiger partial charge in [0, 0.05) is 56.3 Å². The quantitative estimate of drug-likeness (QED) is 0.254. The highest BCUT2D eigenvalue weighted by molar-refractivity contribution is 6.13. The average molecular weight is 611 g/mol. The molecule has 7 rings (SSSR count). The minimum Gasteiger partial charge on any atom is -0.377 e. The number of imide groups is 1. The van der Waals surface area contributed by atoms with Gasteiger partial charge in [0.15, 0.2) is 11.5 Å². The van der Waals surface area contributed by atoms with E-state index >= 15 is 0 Å². The maximum Gasteiger partial charge on any atom is 0.331 e. The third kappa shape index (κ3) is 5.68. The van der Waals surface area contributed by atoms with Crippen molar-refractivity contribution in [2.75, 3.05) is 36.2 Å². The number of likely N-dealkylation sites (N-methyl/N-ethyl adjacent to an activating group) is 1. The van der Waals surface area contributed by atoms with Crippen molar-refractivity contribution in [3.05, 3.63) is 65.4 Å². The molecule has 3 fully saturated rings. The molecule has 4 aromatic heterocycles. The van der Waals surface area contributed by atoms with Crippen molar-refractivity contribution in [2.45, 2.75) is 57.6 Å². The predicted octanol–water partition coefficient (Wildman–Crippen LogP) is 3.56. The number of hydrogen-bond donors (Lipinski definition) is 2. The highest BCUT2D eigenvalue weighted by Gasteiger charge is 2.46. The normalized spacial score (nSPS) is 20.2. The number of anilines is 3. The summed E-state index contributed by atoms with van der Waals surface area (Å²) >= 11 is 0. The first kappa shape index (κ1) is 28.8. The molecule has 14 heteroatoms. The van der Waals surface area contributed by atoms with Crippen LogP contribution in [0.2, 0.25) is 0 Å². The van der Waals surface area contributed by atoms with Crippen molar-refractivity contribution >= 4 is 40.8 Å². The molecule has 14 nitrogen and oxygen atoms in total. The number of carbonyl (C=O) groups is 3. The second kappa shape index (κ2) is 11.2. The van der Waals surface area contributed by atoms with Gasteiger partial charge in [-0.15, -0.1) is 0 Å². The van der Waals surface area contributed by atoms with Gasteiger partial charge in [-0.05, 0) is 56.7 Å². The lowest BCUT2D eigenvalue weighted by Gasteiger charge is -2.17. The van der Waals surface area contributed by atoms with Gasteiger partial charge in [0.05, 0.1) is 17.4 Å². The number of rotatable bonds is 10. The fraction of sp³-hybridized carbons (Fsp3) is 0.419. The van der Waals surface area contributed by atoms with Crippen molar-refractivity contribution in [1.82, 2.24) is 34.2 Å². The minimum absolute atomic E-state index is 0.0162. The predicted molar refractivity (Wildman–Crippen MR) is 164 cm³/mol. The van der Waals surface area contributed by atoms with E-state index in [0.29, 0.717) is 52.7 Å². The van der Waals surface area contributed by atoms with E-state index in [1.165, 1.54) is 11.9 Å². The van der Waals surface area contributed by atoms with Gasteiger partial charge in [-0.1, -0.05) is 0 Å². The van der Waals surface area contributed by atoms with Crippen LogP contribution in [0.1, 0.15) is 72.7 Å². The first-order valence-electron chi connectivity index (χ1n) is 15.0. The number of carbonyl (C=O) groups excluding carboxylic acids is 3. The van der Waals surface area contributed by atoms with E-state index in [1.54, 1.807) is 19.4 Å². The van der Waals surface area contributed by atoms with Crippen LogP contribution < -0.4 is 15.5 Å². The Labute approximate surface area is 259 Å². The maximum absolute atomic E-state index is 13.1. The van der Waals surface area contributed by atoms with Crippen LogP contribution in [-0.4, -0.2) is 72.8 Å². The lowest BCUT2D eigenvalue weighted by Crippen LogP contribution is -2.30. The molecule has 0 aromatic carbocycles. The van der Waals surface area contributed by atoms with Crippen molar-refractivity contribution < 1.29 is 19.1 Å². The molecule has 0 spiro atoms. The number of methoxy groups -OCH3 is 1. The highest BCUT2D eigenvalue weighted by atomic mass is 16.5. The van der Waals surface area contributed by atoms with Gasteiger partial charge in [0.25, 0.3) is 0 Å². The zero-order chi connectivity index (χ0) is 31.4. The van der Waals surface area contributed by atoms with E-state index in [4.69, 9.17) is 9.72 Å². The van der Waals surface area contributed by atoms with Crippen molar-refractivity contribution in [1.29, 1.82) is 0 Å². The topological polar surface area (TPSA) is 160 Å². The lowest BCUT2D eigenvalue weighted by molar-refractivity contribution is -0.124. The third-order valence-electron chi connectivity index (χ3n) is 8.47. The van der Waals surface area contributed by atoms with E-state index < -0.39 is 0 Å². The Balaban J connectivity index is 1.12. The van der Waals surface area contributed by atoms with Gasteiger partial charge in [-0.25, -0.2) is 29.7 Å². The minimum atomic E-state index is -0.365. The second-order valence-electron chi connectivity index (χ2n) is 12.0. The third-order valence-corrected chi connectivity index (χ3v) is 8.47. The Hall–Kier alpha value is -4.98. The summed E-state index contributed by atoms with van der Waals surface area (Å²) in [6, 6.07) is 4.83. The monoisotopic (exact) mass is 610 g/mol. The zero-order valence-electron chi connectivity index (χ0n) is 25.5. The molecule has 2 aliphatic carbocycles. The molecule has 3 aliphatic rings. The van der Waals surface area contributed by atoms with E-state index in [-0.39, 0.29) is 48.9 Å². The van der Waals surface area contributed by atoms with Gasteiger partial charge in [-0.2, -0.15) is 0 Å². The summed E-state index contributed by atoms with van der Waals surface area (Å²) in [6.07, 6.45) is 8.55. The Morgan fingerprint density at radius 1 is 1.11 bits per heavy atom. The molecule has 2 unspecified atom stereocenters. The Kier molecular flexibility index (Phi) is 7.15. The number of imidazole rings is 1. The number of aryl methyl sites for hydroxylation is 1. The number of amides is 4. The van der Waals surface area contributed by atoms with Crippen molar-refractivity contribution in [3.8, 4) is 0 Å². The molecule has 0 bridgehead atoms. The molecule has 1 saturated heterocycles. The standard InChI is InChI=1S/C31H34N10O4/c1-16-7-8-32-28(33-16)20-10-21(20)30(43)38-25-11-24(36-26(37-25)15-45-4)34-17(2)22-13-40-12-19(18-5-6-18)9-23(29(40)35-22)41-14-27(42)39(3)31(41)44/h7-9,11-13,17-18,20-21H,5-6,10,14-15H2,1-4H3,(H2,34,36,37,38,43)/t17-,20?,21?/m1/s1. The van der Waals surface area contributed by atoms with Gasteiger partial charge in [-0.3, -0.25) is 19.4 Å². The van der Waals surface area contributed by atoms with Gasteiger partial charge in [0.1, 0.15) is 30.6 Å². The number of fused-ring (bicyclic) bond motifs is 1. The summed E-state index contributed by atoms with van der Waals surface area (Å²) in [5.74, 6) is 1.73. The smallest absolute Gasteiger partial charge is 0.331 e. The van der Waals surface area contributed by atoms with Gasteiger partial charge >= 0.3 is 6.03 Å². The molecule has 2 saturated carbocycles. The van der Waals surface area contributed by atoms with E-state index in [2.05, 4.69) is 30.6 Å². The number of nitrogens with one attached hydrogen (secondary N) is 2. The van der Waals surface area contributed by atoms with Crippen LogP contribution in [0.25, 0.3) is 5.65 Å². The number of pyridine rings is 1. The number of urea groups is 1. The molecule has 4 amide bonds. The van der Waals surface area contributed by atoms with E-state index in [0.717, 1.165) is 29.0 Å². The molecule has 5 heterocycles. The lowest BCUT2D eigenvalue weighted by atomic mass is 10.1. The number of aromatic nitrogens is 6. The molecule has 1 aliphatic heterocycles. The molecule has 3 atom stereocenters. The first-order valence-corrected chi connectivity index (χ1v) is 15.0. The van der Waals surface area contributed by atoms with Crippen molar-refractivity contribution in [2.24, 2.45) is 5.92 Å². The highest BCUT2D eigenvalue weighted by Crippen LogP contribution is 2.46. The van der Waals surface area contributed by atoms with Crippen LogP contribution in [0, 0.1) is 12.8 Å². The van der Waals surface area contributed by atoms with Crippen molar-refractivity contribution in [3.63, 3.8) is 0 Å². The second-order valence-corrected chi connectivity index (χ2v) is 12.0. The Bertz CT molecular complexity index is 1840. The summed E-state index contributed by atoms with van der Waals surface area (Å²) < 4.78 is 7.21. The SMILES string of the molecule is COCc1nc(NC(=O)C2CC2c2nccc(C)n2)cc(N[C@H](C)c2cn3cc(C4CC4)cc(N4CC(=O)N(C)C4=O)c3n2)n1.